The smallest absolute Gasteiger partial charge is 0.407 e. The molecule has 2 N–H and O–H groups in total. The maximum absolute atomic E-state index is 13.1. The molecule has 7 nitrogen and oxygen atoms in total. The molecule has 0 heterocycles. The molecule has 2 aromatic carbocycles. The number of aliphatic carboxylic acids is 1. The molecule has 2 saturated carbocycles. The minimum atomic E-state index is -0.962. The quantitative estimate of drug-likeness (QED) is 0.611. The van der Waals surface area contributed by atoms with Crippen LogP contribution in [0.1, 0.15) is 62.5 Å². The van der Waals surface area contributed by atoms with E-state index in [1.165, 1.54) is 22.3 Å². The van der Waals surface area contributed by atoms with Gasteiger partial charge in [0.05, 0.1) is 0 Å². The Morgan fingerprint density at radius 3 is 2.06 bits per heavy atom. The summed E-state index contributed by atoms with van der Waals surface area (Å²) in [7, 11) is 0. The standard InChI is InChI=1S/C28H32N2O5/c1-17(27(32)33)30(20-14-15-20)26(31)18-10-12-19(13-11-18)29-28(34)35-16-25-23-8-4-2-6-21(23)22-7-3-5-9-24(22)25/h2-9,17-20,25H,10-16H2,1H3,(H,29,34)(H,32,33). The number of nitrogens with one attached hydrogen (secondary N) is 1. The van der Waals surface area contributed by atoms with Gasteiger partial charge in [-0.25, -0.2) is 9.59 Å². The molecule has 0 radical (unpaired) electrons. The van der Waals surface area contributed by atoms with E-state index in [0.717, 1.165) is 12.8 Å². The molecule has 2 fully saturated rings. The molecule has 3 aliphatic rings. The molecular formula is C28H32N2O5. The molecule has 1 unspecified atom stereocenters. The molecule has 3 aliphatic carbocycles. The lowest BCUT2D eigenvalue weighted by Gasteiger charge is -2.34. The fraction of sp³-hybridized carbons (Fsp3) is 0.464. The highest BCUT2D eigenvalue weighted by Gasteiger charge is 2.41. The lowest BCUT2D eigenvalue weighted by Crippen LogP contribution is -2.49. The third-order valence-corrected chi connectivity index (χ3v) is 7.71. The fourth-order valence-corrected chi connectivity index (χ4v) is 5.66. The molecule has 0 aromatic heterocycles. The highest BCUT2D eigenvalue weighted by atomic mass is 16.5. The fourth-order valence-electron chi connectivity index (χ4n) is 5.66. The molecule has 0 spiro atoms. The van der Waals surface area contributed by atoms with Gasteiger partial charge in [-0.15, -0.1) is 0 Å². The van der Waals surface area contributed by atoms with Crippen molar-refractivity contribution in [2.45, 2.75) is 69.5 Å². The summed E-state index contributed by atoms with van der Waals surface area (Å²) in [4.78, 5) is 38.7. The maximum atomic E-state index is 13.1. The van der Waals surface area contributed by atoms with Crippen molar-refractivity contribution in [3.63, 3.8) is 0 Å². The number of hydrogen-bond donors (Lipinski definition) is 2. The van der Waals surface area contributed by atoms with E-state index in [0.29, 0.717) is 25.7 Å². The van der Waals surface area contributed by atoms with E-state index in [1.54, 1.807) is 11.8 Å². The Hall–Kier alpha value is -3.35. The molecular weight excluding hydrogens is 444 g/mol. The lowest BCUT2D eigenvalue weighted by atomic mass is 9.85. The van der Waals surface area contributed by atoms with Crippen molar-refractivity contribution in [1.29, 1.82) is 0 Å². The van der Waals surface area contributed by atoms with Gasteiger partial charge in [-0.2, -0.15) is 0 Å². The number of fused-ring (bicyclic) bond motifs is 3. The van der Waals surface area contributed by atoms with Crippen molar-refractivity contribution in [3.05, 3.63) is 59.7 Å². The van der Waals surface area contributed by atoms with Crippen LogP contribution in [0.2, 0.25) is 0 Å². The zero-order chi connectivity index (χ0) is 24.5. The van der Waals surface area contributed by atoms with Crippen molar-refractivity contribution in [2.75, 3.05) is 6.61 Å². The SMILES string of the molecule is CC(C(=O)O)N(C(=O)C1CCC(NC(=O)OCC2c3ccccc3-c3ccccc32)CC1)C1CC1. The zero-order valence-electron chi connectivity index (χ0n) is 20.0. The molecule has 184 valence electrons. The molecule has 5 rings (SSSR count). The number of hydrogen-bond acceptors (Lipinski definition) is 4. The number of benzene rings is 2. The Labute approximate surface area is 205 Å². The van der Waals surface area contributed by atoms with Gasteiger partial charge in [-0.05, 0) is 67.7 Å². The first-order valence-corrected chi connectivity index (χ1v) is 12.6. The van der Waals surface area contributed by atoms with E-state index in [2.05, 4.69) is 29.6 Å². The molecule has 2 amide bonds. The van der Waals surface area contributed by atoms with Gasteiger partial charge in [-0.1, -0.05) is 48.5 Å². The number of carboxylic acid groups (broad SMARTS) is 1. The van der Waals surface area contributed by atoms with Crippen LogP contribution in [0.4, 0.5) is 4.79 Å². The zero-order valence-corrected chi connectivity index (χ0v) is 20.0. The van der Waals surface area contributed by atoms with Crippen molar-refractivity contribution in [3.8, 4) is 11.1 Å². The topological polar surface area (TPSA) is 95.9 Å². The molecule has 0 saturated heterocycles. The molecule has 35 heavy (non-hydrogen) atoms. The van der Waals surface area contributed by atoms with Crippen LogP contribution >= 0.6 is 0 Å². The average molecular weight is 477 g/mol. The normalized spacial score (nSPS) is 22.0. The minimum Gasteiger partial charge on any atom is -0.480 e. The summed E-state index contributed by atoms with van der Waals surface area (Å²) in [6, 6.07) is 15.7. The van der Waals surface area contributed by atoms with Crippen LogP contribution in [0, 0.1) is 5.92 Å². The van der Waals surface area contributed by atoms with Gasteiger partial charge in [0, 0.05) is 23.9 Å². The summed E-state index contributed by atoms with van der Waals surface area (Å²) in [5.41, 5.74) is 4.74. The van der Waals surface area contributed by atoms with Crippen molar-refractivity contribution < 1.29 is 24.2 Å². The van der Waals surface area contributed by atoms with Gasteiger partial charge in [-0.3, -0.25) is 4.79 Å². The average Bonchev–Trinajstić information content (AvgIpc) is 3.65. The molecule has 0 bridgehead atoms. The number of carboxylic acids is 1. The number of ether oxygens (including phenoxy) is 1. The maximum Gasteiger partial charge on any atom is 0.407 e. The predicted octanol–water partition coefficient (Wildman–Crippen LogP) is 4.55. The summed E-state index contributed by atoms with van der Waals surface area (Å²) in [6.07, 6.45) is 3.97. The number of nitrogens with zero attached hydrogens (tertiary/aromatic N) is 1. The van der Waals surface area contributed by atoms with Gasteiger partial charge in [0.1, 0.15) is 12.6 Å². The lowest BCUT2D eigenvalue weighted by molar-refractivity contribution is -0.152. The highest BCUT2D eigenvalue weighted by molar-refractivity contribution is 5.85. The van der Waals surface area contributed by atoms with Gasteiger partial charge in [0.25, 0.3) is 0 Å². The van der Waals surface area contributed by atoms with E-state index < -0.39 is 18.1 Å². The van der Waals surface area contributed by atoms with E-state index in [-0.39, 0.29) is 36.4 Å². The summed E-state index contributed by atoms with van der Waals surface area (Å²) in [6.45, 7) is 1.86. The Bertz CT molecular complexity index is 1070. The summed E-state index contributed by atoms with van der Waals surface area (Å²) >= 11 is 0. The second kappa shape index (κ2) is 9.72. The second-order valence-corrected chi connectivity index (χ2v) is 10.0. The third kappa shape index (κ3) is 4.77. The first-order valence-electron chi connectivity index (χ1n) is 12.6. The number of rotatable bonds is 7. The minimum absolute atomic E-state index is 0.0196. The highest BCUT2D eigenvalue weighted by Crippen LogP contribution is 2.44. The van der Waals surface area contributed by atoms with E-state index in [1.807, 2.05) is 24.3 Å². The predicted molar refractivity (Wildman–Crippen MR) is 131 cm³/mol. The van der Waals surface area contributed by atoms with E-state index in [9.17, 15) is 19.5 Å². The number of alkyl carbamates (subject to hydrolysis) is 1. The van der Waals surface area contributed by atoms with E-state index >= 15 is 0 Å². The molecule has 2 aromatic rings. The van der Waals surface area contributed by atoms with Crippen LogP contribution < -0.4 is 5.32 Å². The van der Waals surface area contributed by atoms with Gasteiger partial charge in [0.15, 0.2) is 0 Å². The Morgan fingerprint density at radius 2 is 1.51 bits per heavy atom. The first-order chi connectivity index (χ1) is 16.9. The first kappa shape index (κ1) is 23.4. The van der Waals surface area contributed by atoms with Gasteiger partial charge < -0.3 is 20.1 Å². The van der Waals surface area contributed by atoms with Crippen LogP contribution in [-0.2, 0) is 14.3 Å². The Balaban J connectivity index is 1.13. The van der Waals surface area contributed by atoms with Crippen LogP contribution in [-0.4, -0.2) is 52.7 Å². The Morgan fingerprint density at radius 1 is 0.943 bits per heavy atom. The molecule has 0 aliphatic heterocycles. The monoisotopic (exact) mass is 476 g/mol. The van der Waals surface area contributed by atoms with Gasteiger partial charge in [0.2, 0.25) is 5.91 Å². The summed E-state index contributed by atoms with van der Waals surface area (Å²) < 4.78 is 5.66. The van der Waals surface area contributed by atoms with Crippen LogP contribution in [0.25, 0.3) is 11.1 Å². The second-order valence-electron chi connectivity index (χ2n) is 10.0. The number of amides is 2. The van der Waals surface area contributed by atoms with Crippen molar-refractivity contribution in [1.82, 2.24) is 10.2 Å². The largest absolute Gasteiger partial charge is 0.480 e. The van der Waals surface area contributed by atoms with Gasteiger partial charge >= 0.3 is 12.1 Å². The summed E-state index contributed by atoms with van der Waals surface area (Å²) in [5, 5.41) is 12.4. The number of carbonyl (C=O) groups is 3. The van der Waals surface area contributed by atoms with Crippen LogP contribution in [0.5, 0.6) is 0 Å². The van der Waals surface area contributed by atoms with Crippen LogP contribution in [0.15, 0.2) is 48.5 Å². The summed E-state index contributed by atoms with van der Waals surface area (Å²) in [5.74, 6) is -1.18. The molecule has 7 heteroatoms. The third-order valence-electron chi connectivity index (χ3n) is 7.71. The van der Waals surface area contributed by atoms with E-state index in [4.69, 9.17) is 4.74 Å². The van der Waals surface area contributed by atoms with Crippen molar-refractivity contribution in [2.24, 2.45) is 5.92 Å². The molecule has 1 atom stereocenters. The number of carbonyl (C=O) groups excluding carboxylic acids is 2. The Kier molecular flexibility index (Phi) is 6.50. The van der Waals surface area contributed by atoms with Crippen molar-refractivity contribution >= 4 is 18.0 Å². The van der Waals surface area contributed by atoms with Crippen LogP contribution in [0.3, 0.4) is 0 Å².